The summed E-state index contributed by atoms with van der Waals surface area (Å²) in [7, 11) is 0. The van der Waals surface area contributed by atoms with Crippen molar-refractivity contribution in [1.82, 2.24) is 20.0 Å². The third-order valence-electron chi connectivity index (χ3n) is 5.31. The number of rotatable bonds is 5. The molecule has 1 atom stereocenters. The summed E-state index contributed by atoms with van der Waals surface area (Å²) in [6, 6.07) is 9.58. The number of aromatic nitrogens is 2. The lowest BCUT2D eigenvalue weighted by atomic mass is 10.0. The van der Waals surface area contributed by atoms with Crippen LogP contribution in [0.25, 0.3) is 5.69 Å². The molecular weight excluding hydrogens is 342 g/mol. The summed E-state index contributed by atoms with van der Waals surface area (Å²) in [5, 5.41) is 10.3. The van der Waals surface area contributed by atoms with Gasteiger partial charge in [0.25, 0.3) is 0 Å². The van der Waals surface area contributed by atoms with E-state index in [4.69, 9.17) is 4.74 Å². The maximum Gasteiger partial charge on any atom is 0.319 e. The Bertz CT molecular complexity index is 735. The Morgan fingerprint density at radius 3 is 2.78 bits per heavy atom. The number of hydrogen-bond donors (Lipinski definition) is 2. The highest BCUT2D eigenvalue weighted by atomic mass is 16.5. The van der Waals surface area contributed by atoms with Crippen molar-refractivity contribution < 1.29 is 9.53 Å². The third-order valence-corrected chi connectivity index (χ3v) is 5.31. The molecule has 2 amide bonds. The van der Waals surface area contributed by atoms with Gasteiger partial charge in [-0.05, 0) is 43.9 Å². The Hall–Kier alpha value is -2.38. The minimum absolute atomic E-state index is 0.160. The fraction of sp³-hybridized carbons (Fsp3) is 0.500. The van der Waals surface area contributed by atoms with Crippen LogP contribution in [-0.2, 0) is 4.74 Å². The van der Waals surface area contributed by atoms with Crippen LogP contribution in [-0.4, -0.2) is 59.1 Å². The number of piperidine rings is 1. The first-order valence-electron chi connectivity index (χ1n) is 9.78. The summed E-state index contributed by atoms with van der Waals surface area (Å²) in [5.41, 5.74) is 1.60. The molecule has 0 unspecified atom stereocenters. The van der Waals surface area contributed by atoms with Crippen molar-refractivity contribution in [3.05, 3.63) is 42.7 Å². The normalized spacial score (nSPS) is 21.3. The second-order valence-electron chi connectivity index (χ2n) is 7.28. The van der Waals surface area contributed by atoms with Gasteiger partial charge in [-0.2, -0.15) is 5.10 Å². The summed E-state index contributed by atoms with van der Waals surface area (Å²) in [6.07, 6.45) is 8.29. The summed E-state index contributed by atoms with van der Waals surface area (Å²) < 4.78 is 7.48. The Morgan fingerprint density at radius 2 is 2.04 bits per heavy atom. The Kier molecular flexibility index (Phi) is 5.69. The fourth-order valence-corrected chi connectivity index (χ4v) is 3.87. The lowest BCUT2D eigenvalue weighted by Crippen LogP contribution is -2.47. The molecule has 0 spiro atoms. The molecule has 2 aliphatic rings. The monoisotopic (exact) mass is 369 g/mol. The molecule has 7 heteroatoms. The van der Waals surface area contributed by atoms with Gasteiger partial charge in [0.15, 0.2) is 0 Å². The zero-order chi connectivity index (χ0) is 18.5. The van der Waals surface area contributed by atoms with Crippen molar-refractivity contribution in [2.75, 3.05) is 31.6 Å². The first kappa shape index (κ1) is 18.0. The van der Waals surface area contributed by atoms with Gasteiger partial charge in [-0.1, -0.05) is 12.1 Å². The van der Waals surface area contributed by atoms with Crippen molar-refractivity contribution in [2.24, 2.45) is 0 Å². The average molecular weight is 369 g/mol. The number of amides is 2. The number of hydrogen-bond acceptors (Lipinski definition) is 4. The largest absolute Gasteiger partial charge is 0.377 e. The third kappa shape index (κ3) is 4.67. The number of carbonyl (C=O) groups excluding carboxylic acids is 1. The van der Waals surface area contributed by atoms with E-state index in [1.54, 1.807) is 10.9 Å². The standard InChI is InChI=1S/C20H27N5O2/c26-20(23-18-6-1-2-7-19(18)25-11-4-10-21-25)22-16-8-12-24(13-9-16)15-17-5-3-14-27-17/h1-2,4,6-7,10-11,16-17H,3,5,8-9,12-15H2,(H2,22,23,26)/t17-/m1/s1. The first-order chi connectivity index (χ1) is 13.3. The van der Waals surface area contributed by atoms with Crippen LogP contribution in [0.15, 0.2) is 42.7 Å². The highest BCUT2D eigenvalue weighted by Crippen LogP contribution is 2.20. The number of carbonyl (C=O) groups is 1. The molecule has 144 valence electrons. The number of nitrogens with zero attached hydrogens (tertiary/aromatic N) is 3. The van der Waals surface area contributed by atoms with E-state index in [1.165, 1.54) is 12.8 Å². The molecule has 2 aliphatic heterocycles. The van der Waals surface area contributed by atoms with Gasteiger partial charge < -0.3 is 20.3 Å². The van der Waals surface area contributed by atoms with Gasteiger partial charge in [0, 0.05) is 44.7 Å². The van der Waals surface area contributed by atoms with Crippen LogP contribution in [0.1, 0.15) is 25.7 Å². The zero-order valence-electron chi connectivity index (χ0n) is 15.5. The van der Waals surface area contributed by atoms with Gasteiger partial charge in [0.1, 0.15) is 0 Å². The van der Waals surface area contributed by atoms with Crippen LogP contribution in [0.3, 0.4) is 0 Å². The molecule has 2 saturated heterocycles. The fourth-order valence-electron chi connectivity index (χ4n) is 3.87. The second kappa shape index (κ2) is 8.54. The Morgan fingerprint density at radius 1 is 1.19 bits per heavy atom. The maximum atomic E-state index is 12.5. The summed E-state index contributed by atoms with van der Waals surface area (Å²) in [6.45, 7) is 3.95. The molecule has 4 rings (SSSR count). The summed E-state index contributed by atoms with van der Waals surface area (Å²) in [5.74, 6) is 0. The molecule has 1 aromatic heterocycles. The molecule has 2 fully saturated rings. The predicted octanol–water partition coefficient (Wildman–Crippen LogP) is 2.64. The SMILES string of the molecule is O=C(Nc1ccccc1-n1cccn1)NC1CCN(C[C@H]2CCCO2)CC1. The zero-order valence-corrected chi connectivity index (χ0v) is 15.5. The van der Waals surface area contributed by atoms with Crippen molar-refractivity contribution in [1.29, 1.82) is 0 Å². The van der Waals surface area contributed by atoms with E-state index in [0.29, 0.717) is 6.10 Å². The van der Waals surface area contributed by atoms with Gasteiger partial charge in [0.2, 0.25) is 0 Å². The lowest BCUT2D eigenvalue weighted by molar-refractivity contribution is 0.0633. The van der Waals surface area contributed by atoms with Crippen LogP contribution >= 0.6 is 0 Å². The number of para-hydroxylation sites is 2. The number of urea groups is 1. The molecule has 0 radical (unpaired) electrons. The number of likely N-dealkylation sites (tertiary alicyclic amines) is 1. The minimum atomic E-state index is -0.160. The van der Waals surface area contributed by atoms with E-state index in [9.17, 15) is 4.79 Å². The van der Waals surface area contributed by atoms with E-state index in [2.05, 4.69) is 20.6 Å². The van der Waals surface area contributed by atoms with Crippen LogP contribution < -0.4 is 10.6 Å². The van der Waals surface area contributed by atoms with Crippen molar-refractivity contribution in [3.8, 4) is 5.69 Å². The molecular formula is C20H27N5O2. The summed E-state index contributed by atoms with van der Waals surface area (Å²) >= 11 is 0. The quantitative estimate of drug-likeness (QED) is 0.850. The Labute approximate surface area is 159 Å². The molecule has 1 aromatic carbocycles. The predicted molar refractivity (Wildman–Crippen MR) is 104 cm³/mol. The van der Waals surface area contributed by atoms with Gasteiger partial charge >= 0.3 is 6.03 Å². The maximum absolute atomic E-state index is 12.5. The highest BCUT2D eigenvalue weighted by molar-refractivity contribution is 5.91. The van der Waals surface area contributed by atoms with E-state index in [1.807, 2.05) is 36.5 Å². The first-order valence-corrected chi connectivity index (χ1v) is 9.78. The molecule has 0 saturated carbocycles. The lowest BCUT2D eigenvalue weighted by Gasteiger charge is -2.33. The van der Waals surface area contributed by atoms with E-state index in [-0.39, 0.29) is 12.1 Å². The second-order valence-corrected chi connectivity index (χ2v) is 7.28. The van der Waals surface area contributed by atoms with Crippen LogP contribution in [0.4, 0.5) is 10.5 Å². The molecule has 0 aliphatic carbocycles. The topological polar surface area (TPSA) is 71.4 Å². The van der Waals surface area contributed by atoms with Gasteiger partial charge in [-0.3, -0.25) is 0 Å². The smallest absolute Gasteiger partial charge is 0.319 e. The van der Waals surface area contributed by atoms with E-state index >= 15 is 0 Å². The van der Waals surface area contributed by atoms with Gasteiger partial charge in [-0.25, -0.2) is 9.48 Å². The Balaban J connectivity index is 1.27. The van der Waals surface area contributed by atoms with Crippen LogP contribution in [0, 0.1) is 0 Å². The van der Waals surface area contributed by atoms with Crippen molar-refractivity contribution in [2.45, 2.75) is 37.8 Å². The summed E-state index contributed by atoms with van der Waals surface area (Å²) in [4.78, 5) is 14.9. The van der Waals surface area contributed by atoms with Crippen LogP contribution in [0.5, 0.6) is 0 Å². The number of nitrogens with one attached hydrogen (secondary N) is 2. The minimum Gasteiger partial charge on any atom is -0.377 e. The van der Waals surface area contributed by atoms with Crippen molar-refractivity contribution >= 4 is 11.7 Å². The number of anilines is 1. The number of ether oxygens (including phenoxy) is 1. The molecule has 0 bridgehead atoms. The van der Waals surface area contributed by atoms with Crippen LogP contribution in [0.2, 0.25) is 0 Å². The molecule has 2 aromatic rings. The average Bonchev–Trinajstić information content (AvgIpc) is 3.38. The molecule has 7 nitrogen and oxygen atoms in total. The molecule has 3 heterocycles. The van der Waals surface area contributed by atoms with E-state index < -0.39 is 0 Å². The molecule has 2 N–H and O–H groups in total. The highest BCUT2D eigenvalue weighted by Gasteiger charge is 2.24. The van der Waals surface area contributed by atoms with Crippen molar-refractivity contribution in [3.63, 3.8) is 0 Å². The van der Waals surface area contributed by atoms with Gasteiger partial charge in [0.05, 0.1) is 17.5 Å². The number of benzene rings is 1. The van der Waals surface area contributed by atoms with Gasteiger partial charge in [-0.15, -0.1) is 0 Å². The van der Waals surface area contributed by atoms with E-state index in [0.717, 1.165) is 50.5 Å². The molecule has 27 heavy (non-hydrogen) atoms.